The van der Waals surface area contributed by atoms with Crippen molar-refractivity contribution in [3.63, 3.8) is 0 Å². The number of rotatable bonds is 10. The third-order valence-electron chi connectivity index (χ3n) is 9.29. The van der Waals surface area contributed by atoms with Gasteiger partial charge < -0.3 is 14.3 Å². The third-order valence-corrected chi connectivity index (χ3v) is 17.6. The van der Waals surface area contributed by atoms with Crippen LogP contribution in [0.2, 0.25) is 0 Å². The first-order valence-corrected chi connectivity index (χ1v) is 20.7. The van der Waals surface area contributed by atoms with Crippen molar-refractivity contribution in [2.24, 2.45) is 9.32 Å². The van der Waals surface area contributed by atoms with Gasteiger partial charge in [-0.05, 0) is 57.1 Å². The molecule has 0 saturated heterocycles. The highest BCUT2D eigenvalue weighted by Crippen LogP contribution is 2.16. The van der Waals surface area contributed by atoms with Crippen molar-refractivity contribution < 1.29 is 0 Å². The summed E-state index contributed by atoms with van der Waals surface area (Å²) in [4.78, 5) is 3.75. The van der Waals surface area contributed by atoms with E-state index in [0.29, 0.717) is 0 Å². The Hall–Kier alpha value is -5.63. The molecule has 5 heteroatoms. The van der Waals surface area contributed by atoms with Crippen LogP contribution in [-0.2, 0) is 0 Å². The summed E-state index contributed by atoms with van der Waals surface area (Å²) in [6, 6.07) is 69.2. The van der Waals surface area contributed by atoms with Crippen LogP contribution in [0, 0.1) is 0 Å². The Kier molecular flexibility index (Phi) is 9.28. The molecule has 0 aliphatic heterocycles. The van der Waals surface area contributed by atoms with Crippen LogP contribution in [0.3, 0.4) is 0 Å². The minimum Gasteiger partial charge on any atom is -0.353 e. The van der Waals surface area contributed by atoms with E-state index in [9.17, 15) is 0 Å². The fraction of sp³-hybridized carbons (Fsp3) is 0.0455. The van der Waals surface area contributed by atoms with Gasteiger partial charge in [-0.25, -0.2) is 0 Å². The maximum atomic E-state index is 5.77. The normalized spacial score (nSPS) is 12.5. The number of hydrogen-bond acceptors (Lipinski definition) is 2. The van der Waals surface area contributed by atoms with Gasteiger partial charge in [-0.3, -0.25) is 0 Å². The number of hydrogen-bond donors (Lipinski definition) is 1. The highest BCUT2D eigenvalue weighted by atomic mass is 28.3. The molecule has 0 unspecified atom stereocenters. The van der Waals surface area contributed by atoms with E-state index in [4.69, 9.17) is 9.32 Å². The highest BCUT2D eigenvalue weighted by Gasteiger charge is 2.41. The van der Waals surface area contributed by atoms with Gasteiger partial charge in [-0.1, -0.05) is 182 Å². The molecule has 6 aromatic carbocycles. The van der Waals surface area contributed by atoms with Gasteiger partial charge in [0.05, 0.1) is 11.4 Å². The third kappa shape index (κ3) is 6.22. The number of benzene rings is 6. The fourth-order valence-corrected chi connectivity index (χ4v) is 15.0. The second-order valence-corrected chi connectivity index (χ2v) is 19.1. The Bertz CT molecular complexity index is 1810. The molecule has 0 radical (unpaired) electrons. The summed E-state index contributed by atoms with van der Waals surface area (Å²) in [6.45, 7) is 4.27. The van der Waals surface area contributed by atoms with E-state index in [1.165, 1.54) is 31.1 Å². The smallest absolute Gasteiger partial charge is 0.273 e. The van der Waals surface area contributed by atoms with Gasteiger partial charge in [-0.15, -0.1) is 0 Å². The fourth-order valence-electron chi connectivity index (χ4n) is 6.90. The van der Waals surface area contributed by atoms with Crippen molar-refractivity contribution in [3.8, 4) is 0 Å². The maximum absolute atomic E-state index is 5.77. The summed E-state index contributed by atoms with van der Waals surface area (Å²) in [5.41, 5.74) is 3.94. The summed E-state index contributed by atoms with van der Waals surface area (Å²) in [5, 5.41) is 7.50. The molecule has 0 saturated carbocycles. The van der Waals surface area contributed by atoms with E-state index in [2.05, 4.69) is 213 Å². The van der Waals surface area contributed by atoms with Gasteiger partial charge >= 0.3 is 0 Å². The lowest BCUT2D eigenvalue weighted by Gasteiger charge is -2.30. The molecule has 0 aliphatic carbocycles. The second kappa shape index (κ2) is 14.2. The standard InChI is InChI=1S/C44H39N3Si2/c1-35(46-48(37-21-9-3-10-22-37,38-23-11-4-12-24-38)39-25-13-5-14-26-39)43-33-34-44(45-43)36(2)47-49(40-27-15-6-16-28-40,41-29-17-7-18-30-41)42-31-19-8-20-32-42/h3-34,45H,1-2H3. The molecule has 0 spiro atoms. The minimum atomic E-state index is -2.81. The molecular formula is C44H39N3Si2. The number of H-pyrrole nitrogens is 1. The summed E-state index contributed by atoms with van der Waals surface area (Å²) < 4.78 is 11.5. The molecule has 1 N–H and O–H groups in total. The van der Waals surface area contributed by atoms with Gasteiger partial charge in [0, 0.05) is 11.4 Å². The maximum Gasteiger partial charge on any atom is 0.273 e. The molecule has 49 heavy (non-hydrogen) atoms. The molecule has 0 atom stereocenters. The van der Waals surface area contributed by atoms with Gasteiger partial charge in [0.15, 0.2) is 0 Å². The molecule has 0 aliphatic rings. The van der Waals surface area contributed by atoms with Crippen LogP contribution in [0.5, 0.6) is 0 Å². The summed E-state index contributed by atoms with van der Waals surface area (Å²) in [5.74, 6) is 0. The highest BCUT2D eigenvalue weighted by molar-refractivity contribution is 7.11. The lowest BCUT2D eigenvalue weighted by Crippen LogP contribution is -2.66. The first-order chi connectivity index (χ1) is 24.1. The van der Waals surface area contributed by atoms with Crippen LogP contribution in [0.1, 0.15) is 25.2 Å². The number of aromatic nitrogens is 1. The van der Waals surface area contributed by atoms with E-state index in [1.54, 1.807) is 0 Å². The van der Waals surface area contributed by atoms with Crippen LogP contribution >= 0.6 is 0 Å². The van der Waals surface area contributed by atoms with Crippen LogP contribution in [-0.4, -0.2) is 32.9 Å². The summed E-state index contributed by atoms with van der Waals surface area (Å²) in [7, 11) is -5.63. The van der Waals surface area contributed by atoms with Crippen molar-refractivity contribution in [2.45, 2.75) is 13.8 Å². The summed E-state index contributed by atoms with van der Waals surface area (Å²) >= 11 is 0. The predicted molar refractivity (Wildman–Crippen MR) is 213 cm³/mol. The van der Waals surface area contributed by atoms with E-state index in [-0.39, 0.29) is 0 Å². The molecule has 3 nitrogen and oxygen atoms in total. The Morgan fingerprint density at radius 2 is 0.531 bits per heavy atom. The molecule has 1 heterocycles. The quantitative estimate of drug-likeness (QED) is 0.106. The Morgan fingerprint density at radius 3 is 0.735 bits per heavy atom. The van der Waals surface area contributed by atoms with Crippen LogP contribution in [0.4, 0.5) is 0 Å². The van der Waals surface area contributed by atoms with Crippen LogP contribution in [0.15, 0.2) is 203 Å². The van der Waals surface area contributed by atoms with E-state index < -0.39 is 16.5 Å². The van der Waals surface area contributed by atoms with Gasteiger partial charge in [-0.2, -0.15) is 0 Å². The van der Waals surface area contributed by atoms with Crippen molar-refractivity contribution in [1.82, 2.24) is 4.98 Å². The number of aromatic amines is 1. The van der Waals surface area contributed by atoms with E-state index in [0.717, 1.165) is 22.8 Å². The van der Waals surface area contributed by atoms with Crippen molar-refractivity contribution in [3.05, 3.63) is 206 Å². The second-order valence-electron chi connectivity index (χ2n) is 12.3. The Morgan fingerprint density at radius 1 is 0.327 bits per heavy atom. The van der Waals surface area contributed by atoms with Gasteiger partial charge in [0.2, 0.25) is 0 Å². The molecule has 0 fully saturated rings. The molecular weight excluding hydrogens is 627 g/mol. The molecule has 238 valence electrons. The Balaban J connectivity index is 1.38. The number of nitrogens with zero attached hydrogens (tertiary/aromatic N) is 2. The molecule has 7 rings (SSSR count). The van der Waals surface area contributed by atoms with E-state index in [1.807, 2.05) is 0 Å². The monoisotopic (exact) mass is 665 g/mol. The average molecular weight is 666 g/mol. The van der Waals surface area contributed by atoms with Crippen molar-refractivity contribution >= 4 is 59.0 Å². The topological polar surface area (TPSA) is 40.5 Å². The van der Waals surface area contributed by atoms with Crippen molar-refractivity contribution in [2.75, 3.05) is 0 Å². The lowest BCUT2D eigenvalue weighted by atomic mass is 10.3. The zero-order valence-electron chi connectivity index (χ0n) is 27.9. The largest absolute Gasteiger partial charge is 0.353 e. The van der Waals surface area contributed by atoms with Gasteiger partial charge in [0.1, 0.15) is 0 Å². The molecule has 7 aromatic rings. The van der Waals surface area contributed by atoms with Crippen molar-refractivity contribution in [1.29, 1.82) is 0 Å². The predicted octanol–water partition coefficient (Wildman–Crippen LogP) is 5.97. The van der Waals surface area contributed by atoms with Gasteiger partial charge in [0.25, 0.3) is 16.5 Å². The van der Waals surface area contributed by atoms with Crippen LogP contribution in [0.25, 0.3) is 0 Å². The zero-order chi connectivity index (χ0) is 33.5. The summed E-state index contributed by atoms with van der Waals surface area (Å²) in [6.07, 6.45) is 0. The first-order valence-electron chi connectivity index (χ1n) is 16.8. The molecule has 0 bridgehead atoms. The zero-order valence-corrected chi connectivity index (χ0v) is 29.9. The SMILES string of the molecule is CC(=N[Si](c1ccccc1)(c1ccccc1)c1ccccc1)c1ccc(C(C)=N[Si](c2ccccc2)(c2ccccc2)c2ccccc2)[nH]1. The van der Waals surface area contributed by atoms with Crippen LogP contribution < -0.4 is 31.1 Å². The first kappa shape index (κ1) is 31.9. The lowest BCUT2D eigenvalue weighted by molar-refractivity contribution is 1.32. The molecule has 1 aromatic heterocycles. The van der Waals surface area contributed by atoms with E-state index >= 15 is 0 Å². The average Bonchev–Trinajstić information content (AvgIpc) is 3.69. The molecule has 0 amide bonds. The minimum absolute atomic E-state index is 0.972. The Labute approximate surface area is 291 Å². The number of nitrogens with one attached hydrogen (secondary N) is 1.